The lowest BCUT2D eigenvalue weighted by Crippen LogP contribution is -2.44. The molecule has 1 rings (SSSR count). The van der Waals surface area contributed by atoms with E-state index in [0.717, 1.165) is 4.90 Å². The molecule has 0 saturated carbocycles. The number of hydrogen-bond acceptors (Lipinski definition) is 5. The fraction of sp³-hybridized carbons (Fsp3) is 0.357. The summed E-state index contributed by atoms with van der Waals surface area (Å²) < 4.78 is 5.03. The van der Waals surface area contributed by atoms with Gasteiger partial charge in [0, 0.05) is 11.4 Å². The molecule has 8 heteroatoms. The first-order valence-corrected chi connectivity index (χ1v) is 8.12. The van der Waals surface area contributed by atoms with Crippen molar-refractivity contribution in [3.05, 3.63) is 28.8 Å². The number of carbonyl (C=O) groups is 3. The zero-order chi connectivity index (χ0) is 16.7. The highest BCUT2D eigenvalue weighted by Gasteiger charge is 2.22. The maximum atomic E-state index is 12.1. The summed E-state index contributed by atoms with van der Waals surface area (Å²) >= 11 is 7.41. The smallest absolute Gasteiger partial charge is 0.340 e. The molecule has 2 N–H and O–H groups in total. The Bertz CT molecular complexity index is 580. The molecule has 3 amide bonds. The van der Waals surface area contributed by atoms with Crippen molar-refractivity contribution in [3.63, 3.8) is 0 Å². The highest BCUT2D eigenvalue weighted by Crippen LogP contribution is 2.24. The molecule has 1 aromatic rings. The lowest BCUT2D eigenvalue weighted by Gasteiger charge is -2.14. The maximum Gasteiger partial charge on any atom is 0.340 e. The van der Waals surface area contributed by atoms with Crippen molar-refractivity contribution in [2.24, 2.45) is 0 Å². The Morgan fingerprint density at radius 2 is 2.05 bits per heavy atom. The molecular weight excluding hydrogens is 328 g/mol. The third-order valence-electron chi connectivity index (χ3n) is 2.62. The number of thioether (sulfide) groups is 1. The summed E-state index contributed by atoms with van der Waals surface area (Å²) in [7, 11) is 0. The van der Waals surface area contributed by atoms with Crippen molar-refractivity contribution in [1.29, 1.82) is 0 Å². The first kappa shape index (κ1) is 18.3. The first-order chi connectivity index (χ1) is 10.4. The molecule has 0 fully saturated rings. The quantitative estimate of drug-likeness (QED) is 0.633. The Balaban J connectivity index is 2.71. The van der Waals surface area contributed by atoms with Crippen molar-refractivity contribution in [1.82, 2.24) is 10.6 Å². The van der Waals surface area contributed by atoms with Crippen LogP contribution >= 0.6 is 23.4 Å². The van der Waals surface area contributed by atoms with E-state index in [4.69, 9.17) is 16.3 Å². The lowest BCUT2D eigenvalue weighted by molar-refractivity contribution is -0.127. The Hall–Kier alpha value is -1.73. The monoisotopic (exact) mass is 344 g/mol. The number of esters is 1. The van der Waals surface area contributed by atoms with Crippen molar-refractivity contribution in [2.45, 2.75) is 24.8 Å². The van der Waals surface area contributed by atoms with E-state index in [-0.39, 0.29) is 10.6 Å². The summed E-state index contributed by atoms with van der Waals surface area (Å²) in [6.45, 7) is 3.47. The fourth-order valence-corrected chi connectivity index (χ4v) is 2.12. The van der Waals surface area contributed by atoms with Crippen LogP contribution in [0, 0.1) is 0 Å². The molecular formula is C14H17ClN2O4S. The molecule has 0 heterocycles. The third kappa shape index (κ3) is 5.23. The molecule has 0 aliphatic rings. The van der Waals surface area contributed by atoms with Gasteiger partial charge in [0.25, 0.3) is 5.91 Å². The van der Waals surface area contributed by atoms with Crippen molar-refractivity contribution in [3.8, 4) is 0 Å². The number of nitrogens with one attached hydrogen (secondary N) is 2. The second kappa shape index (κ2) is 8.65. The highest BCUT2D eigenvalue weighted by molar-refractivity contribution is 7.98. The van der Waals surface area contributed by atoms with E-state index in [1.54, 1.807) is 25.1 Å². The van der Waals surface area contributed by atoms with Gasteiger partial charge in [-0.1, -0.05) is 11.6 Å². The topological polar surface area (TPSA) is 84.5 Å². The molecule has 120 valence electrons. The maximum absolute atomic E-state index is 12.1. The number of imide groups is 1. The van der Waals surface area contributed by atoms with E-state index in [1.807, 2.05) is 6.26 Å². The van der Waals surface area contributed by atoms with E-state index >= 15 is 0 Å². The standard InChI is InChI=1S/C14H17ClN2O4S/c1-4-16-14(20)17-12(18)8(2)21-13(19)10-7-9(22-3)5-6-11(10)15/h5-8H,4H2,1-3H3,(H2,16,17,18,20)/t8-/m1/s1. The first-order valence-electron chi connectivity index (χ1n) is 6.52. The van der Waals surface area contributed by atoms with E-state index in [9.17, 15) is 14.4 Å². The van der Waals surface area contributed by atoms with Gasteiger partial charge in [0.15, 0.2) is 6.10 Å². The summed E-state index contributed by atoms with van der Waals surface area (Å²) in [6, 6.07) is 4.31. The van der Waals surface area contributed by atoms with Gasteiger partial charge < -0.3 is 10.1 Å². The van der Waals surface area contributed by atoms with Gasteiger partial charge in [0.1, 0.15) is 0 Å². The second-order valence-electron chi connectivity index (χ2n) is 4.24. The number of halogens is 1. The van der Waals surface area contributed by atoms with Crippen LogP contribution in [0.2, 0.25) is 5.02 Å². The summed E-state index contributed by atoms with van der Waals surface area (Å²) in [4.78, 5) is 35.9. The molecule has 1 atom stereocenters. The minimum Gasteiger partial charge on any atom is -0.449 e. The summed E-state index contributed by atoms with van der Waals surface area (Å²) in [5.74, 6) is -1.43. The Morgan fingerprint density at radius 3 is 2.64 bits per heavy atom. The van der Waals surface area contributed by atoms with Crippen molar-refractivity contribution < 1.29 is 19.1 Å². The SMILES string of the molecule is CCNC(=O)NC(=O)[C@@H](C)OC(=O)c1cc(SC)ccc1Cl. The van der Waals surface area contributed by atoms with Crippen LogP contribution in [0.25, 0.3) is 0 Å². The van der Waals surface area contributed by atoms with E-state index < -0.39 is 24.0 Å². The molecule has 0 aliphatic heterocycles. The van der Waals surface area contributed by atoms with Crippen LogP contribution in [0.1, 0.15) is 24.2 Å². The molecule has 6 nitrogen and oxygen atoms in total. The van der Waals surface area contributed by atoms with Crippen LogP contribution in [0.3, 0.4) is 0 Å². The van der Waals surface area contributed by atoms with Crippen LogP contribution in [-0.4, -0.2) is 36.8 Å². The number of hydrogen-bond donors (Lipinski definition) is 2. The second-order valence-corrected chi connectivity index (χ2v) is 5.53. The largest absolute Gasteiger partial charge is 0.449 e. The number of benzene rings is 1. The predicted molar refractivity (Wildman–Crippen MR) is 85.3 cm³/mol. The van der Waals surface area contributed by atoms with Gasteiger partial charge in [-0.25, -0.2) is 9.59 Å². The van der Waals surface area contributed by atoms with Crippen molar-refractivity contribution in [2.75, 3.05) is 12.8 Å². The molecule has 1 aromatic carbocycles. The summed E-state index contributed by atoms with van der Waals surface area (Å²) in [6.07, 6.45) is 0.741. The van der Waals surface area contributed by atoms with Gasteiger partial charge in [0.2, 0.25) is 0 Å². The summed E-state index contributed by atoms with van der Waals surface area (Å²) in [5, 5.41) is 4.71. The number of rotatable bonds is 5. The molecule has 0 radical (unpaired) electrons. The molecule has 22 heavy (non-hydrogen) atoms. The number of urea groups is 1. The van der Waals surface area contributed by atoms with Gasteiger partial charge in [0.05, 0.1) is 10.6 Å². The van der Waals surface area contributed by atoms with Gasteiger partial charge >= 0.3 is 12.0 Å². The van der Waals surface area contributed by atoms with Crippen molar-refractivity contribution >= 4 is 41.3 Å². The Kier molecular flexibility index (Phi) is 7.20. The molecule has 0 spiro atoms. The Labute approximate surface area is 137 Å². The molecule has 0 aromatic heterocycles. The van der Waals surface area contributed by atoms with Crippen LogP contribution in [-0.2, 0) is 9.53 Å². The number of amides is 3. The van der Waals surface area contributed by atoms with E-state index in [2.05, 4.69) is 10.6 Å². The van der Waals surface area contributed by atoms with Crippen LogP contribution in [0.5, 0.6) is 0 Å². The van der Waals surface area contributed by atoms with Gasteiger partial charge in [-0.3, -0.25) is 10.1 Å². The molecule has 0 bridgehead atoms. The molecule has 0 unspecified atom stereocenters. The zero-order valence-corrected chi connectivity index (χ0v) is 14.0. The minimum atomic E-state index is -1.12. The van der Waals surface area contributed by atoms with E-state index in [1.165, 1.54) is 18.7 Å². The summed E-state index contributed by atoms with van der Waals surface area (Å²) in [5.41, 5.74) is 0.172. The Morgan fingerprint density at radius 1 is 1.36 bits per heavy atom. The van der Waals surface area contributed by atoms with Crippen LogP contribution in [0.15, 0.2) is 23.1 Å². The average molecular weight is 345 g/mol. The minimum absolute atomic E-state index is 0.172. The number of ether oxygens (including phenoxy) is 1. The van der Waals surface area contributed by atoms with Gasteiger partial charge in [-0.2, -0.15) is 0 Å². The third-order valence-corrected chi connectivity index (χ3v) is 3.68. The number of carbonyl (C=O) groups excluding carboxylic acids is 3. The zero-order valence-electron chi connectivity index (χ0n) is 12.4. The molecule has 0 saturated heterocycles. The fourth-order valence-electron chi connectivity index (χ4n) is 1.48. The van der Waals surface area contributed by atoms with Gasteiger partial charge in [-0.05, 0) is 38.3 Å². The van der Waals surface area contributed by atoms with Crippen LogP contribution < -0.4 is 10.6 Å². The normalized spacial score (nSPS) is 11.5. The highest BCUT2D eigenvalue weighted by atomic mass is 35.5. The average Bonchev–Trinajstić information content (AvgIpc) is 2.47. The van der Waals surface area contributed by atoms with E-state index in [0.29, 0.717) is 6.54 Å². The lowest BCUT2D eigenvalue weighted by atomic mass is 10.2. The molecule has 0 aliphatic carbocycles. The van der Waals surface area contributed by atoms with Crippen LogP contribution in [0.4, 0.5) is 4.79 Å². The predicted octanol–water partition coefficient (Wildman–Crippen LogP) is 2.45. The van der Waals surface area contributed by atoms with Gasteiger partial charge in [-0.15, -0.1) is 11.8 Å².